The molecule has 1 aromatic carbocycles. The normalized spacial score (nSPS) is 14.5. The zero-order valence-electron chi connectivity index (χ0n) is 19.9. The molecule has 3 rings (SSSR count). The predicted octanol–water partition coefficient (Wildman–Crippen LogP) is 5.03. The lowest BCUT2D eigenvalue weighted by molar-refractivity contribution is -0.176. The number of sulfone groups is 1. The molecule has 0 atom stereocenters. The van der Waals surface area contributed by atoms with Crippen LogP contribution in [0.5, 0.6) is 0 Å². The van der Waals surface area contributed by atoms with E-state index >= 15 is 0 Å². The minimum atomic E-state index is -4.65. The van der Waals surface area contributed by atoms with Crippen LogP contribution in [0.2, 0.25) is 15.2 Å². The van der Waals surface area contributed by atoms with Gasteiger partial charge in [0.2, 0.25) is 0 Å². The highest BCUT2D eigenvalue weighted by molar-refractivity contribution is 7.90. The number of hydrogen-bond acceptors (Lipinski definition) is 8. The predicted molar refractivity (Wildman–Crippen MR) is 133 cm³/mol. The fourth-order valence-corrected chi connectivity index (χ4v) is 5.09. The Hall–Kier alpha value is -2.58. The van der Waals surface area contributed by atoms with Crippen LogP contribution >= 0.6 is 34.8 Å². The summed E-state index contributed by atoms with van der Waals surface area (Å²) < 4.78 is 65.3. The summed E-state index contributed by atoms with van der Waals surface area (Å²) in [6, 6.07) is 4.86. The number of benzene rings is 1. The molecule has 1 N–H and O–H groups in total. The van der Waals surface area contributed by atoms with E-state index < -0.39 is 68.4 Å². The maximum atomic E-state index is 12.7. The molecule has 2 aromatic rings. The first-order chi connectivity index (χ1) is 17.9. The molecule has 1 fully saturated rings. The summed E-state index contributed by atoms with van der Waals surface area (Å²) >= 11 is 17.0. The highest BCUT2D eigenvalue weighted by Gasteiger charge is 2.38. The first kappa shape index (κ1) is 32.6. The van der Waals surface area contributed by atoms with Gasteiger partial charge in [0.05, 0.1) is 21.5 Å². The van der Waals surface area contributed by atoms with Gasteiger partial charge in [-0.1, -0.05) is 34.8 Å². The summed E-state index contributed by atoms with van der Waals surface area (Å²) in [5.74, 6) is -4.77. The highest BCUT2D eigenvalue weighted by atomic mass is 35.5. The first-order valence-electron chi connectivity index (χ1n) is 10.7. The highest BCUT2D eigenvalue weighted by Crippen LogP contribution is 2.32. The summed E-state index contributed by atoms with van der Waals surface area (Å²) in [6.45, 7) is -2.47. The Morgan fingerprint density at radius 2 is 1.67 bits per heavy atom. The number of aromatic nitrogens is 1. The van der Waals surface area contributed by atoms with Gasteiger partial charge in [0.15, 0.2) is 32.9 Å². The topological polar surface area (TPSA) is 145 Å². The van der Waals surface area contributed by atoms with Crippen molar-refractivity contribution >= 4 is 68.0 Å². The number of pyridine rings is 1. The van der Waals surface area contributed by atoms with Crippen LogP contribution in [0.3, 0.4) is 0 Å². The molecule has 1 aliphatic carbocycles. The Morgan fingerprint density at radius 1 is 1.08 bits per heavy atom. The van der Waals surface area contributed by atoms with Crippen LogP contribution in [0.1, 0.15) is 45.7 Å². The molecule has 1 aromatic heterocycles. The van der Waals surface area contributed by atoms with Gasteiger partial charge < -0.3 is 9.84 Å². The number of carbonyl (C=O) groups excluding carboxylic acids is 3. The summed E-state index contributed by atoms with van der Waals surface area (Å²) in [6.07, 6.45) is -3.40. The van der Waals surface area contributed by atoms with E-state index in [1.807, 2.05) is 0 Å². The number of carboxylic acids is 1. The second-order valence-electron chi connectivity index (χ2n) is 8.14. The largest absolute Gasteiger partial charge is 0.476 e. The third-order valence-corrected chi connectivity index (χ3v) is 7.27. The van der Waals surface area contributed by atoms with E-state index in [1.165, 1.54) is 12.1 Å². The number of Topliss-reactive ketones (excluding diaryl/α,β-unsaturated/α-hetero) is 3. The van der Waals surface area contributed by atoms with Crippen molar-refractivity contribution in [2.75, 3.05) is 12.9 Å². The van der Waals surface area contributed by atoms with Crippen molar-refractivity contribution < 1.29 is 50.6 Å². The van der Waals surface area contributed by atoms with Gasteiger partial charge in [-0.25, -0.2) is 18.2 Å². The molecule has 0 bridgehead atoms. The number of halogens is 6. The maximum absolute atomic E-state index is 12.7. The van der Waals surface area contributed by atoms with Crippen LogP contribution in [0.4, 0.5) is 13.2 Å². The number of ether oxygens (including phenoxy) is 1. The van der Waals surface area contributed by atoms with Crippen molar-refractivity contribution in [3.05, 3.63) is 56.3 Å². The van der Waals surface area contributed by atoms with Crippen molar-refractivity contribution in [3.8, 4) is 0 Å². The van der Waals surface area contributed by atoms with Crippen LogP contribution in [-0.4, -0.2) is 60.9 Å². The molecular formula is C23H19Cl3F3NO8S. The number of nitrogens with zero attached hydrogens (tertiary/aromatic N) is 1. The lowest BCUT2D eigenvalue weighted by atomic mass is 9.81. The Bertz CT molecular complexity index is 1400. The maximum Gasteiger partial charge on any atom is 0.411 e. The van der Waals surface area contributed by atoms with E-state index in [-0.39, 0.29) is 39.8 Å². The van der Waals surface area contributed by atoms with Gasteiger partial charge in [-0.05, 0) is 30.7 Å². The van der Waals surface area contributed by atoms with E-state index in [2.05, 4.69) is 9.72 Å². The van der Waals surface area contributed by atoms with Crippen LogP contribution in [0.15, 0.2) is 29.2 Å². The van der Waals surface area contributed by atoms with E-state index in [9.17, 15) is 40.8 Å². The number of alkyl halides is 3. The molecule has 0 radical (unpaired) electrons. The molecule has 1 saturated carbocycles. The van der Waals surface area contributed by atoms with Crippen molar-refractivity contribution in [2.24, 2.45) is 5.92 Å². The average Bonchev–Trinajstić information content (AvgIpc) is 2.80. The molecule has 1 heterocycles. The zero-order chi connectivity index (χ0) is 29.7. The molecule has 9 nitrogen and oxygen atoms in total. The number of aromatic carboxylic acids is 1. The minimum Gasteiger partial charge on any atom is -0.476 e. The van der Waals surface area contributed by atoms with Crippen LogP contribution < -0.4 is 0 Å². The lowest BCUT2D eigenvalue weighted by Crippen LogP contribution is -2.35. The standard InChI is InChI=1S/C17H16ClF3O6S.C6H3Cl2NO2/c1-28(25,26)13-6-5-9(15(18)10(13)7-27-8-17(19,20)21)16(24)14-11(22)3-2-4-12(14)23;7-3-1-2-4(8)9-5(3)6(10)11/h5-6,14H,2-4,7-8H2,1H3;1-2H,(H,10,11). The third kappa shape index (κ3) is 8.97. The zero-order valence-corrected chi connectivity index (χ0v) is 22.9. The Kier molecular flexibility index (Phi) is 11.0. The van der Waals surface area contributed by atoms with Crippen LogP contribution in [0, 0.1) is 5.92 Å². The van der Waals surface area contributed by atoms with Gasteiger partial charge in [0, 0.05) is 30.2 Å². The van der Waals surface area contributed by atoms with Gasteiger partial charge in [0.1, 0.15) is 17.7 Å². The third-order valence-electron chi connectivity index (χ3n) is 5.14. The van der Waals surface area contributed by atoms with Crippen LogP contribution in [-0.2, 0) is 30.8 Å². The molecule has 0 amide bonds. The fourth-order valence-electron chi connectivity index (χ4n) is 3.47. The van der Waals surface area contributed by atoms with Crippen LogP contribution in [0.25, 0.3) is 0 Å². The number of ketones is 3. The number of carbonyl (C=O) groups is 4. The first-order valence-corrected chi connectivity index (χ1v) is 13.8. The number of rotatable bonds is 7. The van der Waals surface area contributed by atoms with Crippen molar-refractivity contribution in [1.82, 2.24) is 4.98 Å². The molecule has 39 heavy (non-hydrogen) atoms. The van der Waals surface area contributed by atoms with Gasteiger partial charge in [-0.15, -0.1) is 0 Å². The summed E-state index contributed by atoms with van der Waals surface area (Å²) in [5, 5.41) is 8.23. The SMILES string of the molecule is CS(=O)(=O)c1ccc(C(=O)C2C(=O)CCCC2=O)c(Cl)c1COCC(F)(F)F.O=C(O)c1nc(Cl)ccc1Cl. The molecular weight excluding hydrogens is 614 g/mol. The smallest absolute Gasteiger partial charge is 0.411 e. The van der Waals surface area contributed by atoms with E-state index in [0.717, 1.165) is 18.4 Å². The molecule has 0 unspecified atom stereocenters. The molecule has 0 aliphatic heterocycles. The minimum absolute atomic E-state index is 0.0444. The molecule has 1 aliphatic rings. The Balaban J connectivity index is 0.000000404. The second kappa shape index (κ2) is 13.2. The quantitative estimate of drug-likeness (QED) is 0.252. The van der Waals surface area contributed by atoms with E-state index in [4.69, 9.17) is 39.9 Å². The van der Waals surface area contributed by atoms with Crippen molar-refractivity contribution in [1.29, 1.82) is 0 Å². The van der Waals surface area contributed by atoms with Gasteiger partial charge in [0.25, 0.3) is 0 Å². The van der Waals surface area contributed by atoms with E-state index in [0.29, 0.717) is 6.42 Å². The second-order valence-corrected chi connectivity index (χ2v) is 11.3. The summed E-state index contributed by atoms with van der Waals surface area (Å²) in [4.78, 5) is 50.1. The Labute approximate surface area is 235 Å². The lowest BCUT2D eigenvalue weighted by Gasteiger charge is -2.20. The number of hydrogen-bond donors (Lipinski definition) is 1. The average molecular weight is 633 g/mol. The van der Waals surface area contributed by atoms with Gasteiger partial charge >= 0.3 is 12.1 Å². The van der Waals surface area contributed by atoms with Gasteiger partial charge in [-0.3, -0.25) is 14.4 Å². The van der Waals surface area contributed by atoms with Crippen molar-refractivity contribution in [3.63, 3.8) is 0 Å². The van der Waals surface area contributed by atoms with Gasteiger partial charge in [-0.2, -0.15) is 13.2 Å². The molecule has 212 valence electrons. The van der Waals surface area contributed by atoms with E-state index in [1.54, 1.807) is 0 Å². The summed E-state index contributed by atoms with van der Waals surface area (Å²) in [7, 11) is -3.90. The molecule has 0 saturated heterocycles. The number of carboxylic acid groups (broad SMARTS) is 1. The molecule has 0 spiro atoms. The Morgan fingerprint density at radius 3 is 2.15 bits per heavy atom. The monoisotopic (exact) mass is 631 g/mol. The van der Waals surface area contributed by atoms with Crippen molar-refractivity contribution in [2.45, 2.75) is 36.9 Å². The summed E-state index contributed by atoms with van der Waals surface area (Å²) in [5.41, 5.74) is -0.873. The molecule has 16 heteroatoms. The fraction of sp³-hybridized carbons (Fsp3) is 0.348.